The summed E-state index contributed by atoms with van der Waals surface area (Å²) in [6, 6.07) is 9.10. The Kier molecular flexibility index (Phi) is 8.05. The van der Waals surface area contributed by atoms with Crippen molar-refractivity contribution in [1.29, 1.82) is 0 Å². The minimum atomic E-state index is -4.51. The third kappa shape index (κ3) is 5.87. The van der Waals surface area contributed by atoms with E-state index in [1.54, 1.807) is 0 Å². The molecule has 4 saturated carbocycles. The van der Waals surface area contributed by atoms with Gasteiger partial charge < -0.3 is 10.6 Å². The molecular formula is C32H38F4N4O3S. The normalized spacial score (nSPS) is 28.8. The molecule has 4 aliphatic carbocycles. The lowest BCUT2D eigenvalue weighted by Gasteiger charge is -2.46. The van der Waals surface area contributed by atoms with Crippen molar-refractivity contribution in [3.8, 4) is 0 Å². The number of fused-ring (bicyclic) bond motifs is 1. The Morgan fingerprint density at radius 1 is 1.02 bits per heavy atom. The smallest absolute Gasteiger partial charge is 0.358 e. The molecule has 4 fully saturated rings. The van der Waals surface area contributed by atoms with Crippen molar-refractivity contribution in [1.82, 2.24) is 14.9 Å². The standard InChI is InChI=1S/C32H38F4N4O3S/c1-30(29(41)37-18-21-5-3-2-4-6-21)20-38-28(39-30)27-17-31(15-23(27)16-31)40(44(42,43)26-13-11-25(33)12-14-26)19-22-7-9-24(10-8-22)32(34,35)36/h7-14,21,23,27H,2-6,15-20H2,1H3,(H,37,41)(H,38,39)/t23?,27-,30-,31?/m0/s1. The molecule has 0 spiro atoms. The number of amidine groups is 1. The number of alkyl halides is 3. The number of sulfonamides is 1. The molecule has 238 valence electrons. The van der Waals surface area contributed by atoms with Crippen LogP contribution in [-0.2, 0) is 27.5 Å². The number of hydrogen-bond donors (Lipinski definition) is 2. The second-order valence-corrected chi connectivity index (χ2v) is 15.1. The highest BCUT2D eigenvalue weighted by Crippen LogP contribution is 2.60. The van der Waals surface area contributed by atoms with Crippen molar-refractivity contribution in [2.75, 3.05) is 13.1 Å². The van der Waals surface area contributed by atoms with Crippen LogP contribution in [-0.4, -0.2) is 48.6 Å². The van der Waals surface area contributed by atoms with Crippen LogP contribution >= 0.6 is 0 Å². The number of carbonyl (C=O) groups is 1. The van der Waals surface area contributed by atoms with Gasteiger partial charge in [-0.15, -0.1) is 0 Å². The van der Waals surface area contributed by atoms with Crippen LogP contribution in [0.2, 0.25) is 0 Å². The molecule has 2 bridgehead atoms. The monoisotopic (exact) mass is 634 g/mol. The van der Waals surface area contributed by atoms with Crippen LogP contribution in [0.1, 0.15) is 69.4 Å². The minimum Gasteiger partial charge on any atom is -0.358 e. The maximum absolute atomic E-state index is 14.0. The summed E-state index contributed by atoms with van der Waals surface area (Å²) in [7, 11) is -4.14. The quantitative estimate of drug-likeness (QED) is 0.349. The van der Waals surface area contributed by atoms with Gasteiger partial charge in [0.2, 0.25) is 15.9 Å². The maximum atomic E-state index is 14.0. The average molecular weight is 635 g/mol. The van der Waals surface area contributed by atoms with Gasteiger partial charge in [-0.2, -0.15) is 17.5 Å². The number of benzene rings is 2. The third-order valence-corrected chi connectivity index (χ3v) is 12.1. The Morgan fingerprint density at radius 2 is 1.68 bits per heavy atom. The van der Waals surface area contributed by atoms with E-state index in [0.717, 1.165) is 37.1 Å². The molecule has 1 amide bonds. The lowest BCUT2D eigenvalue weighted by atomic mass is 9.76. The van der Waals surface area contributed by atoms with Crippen molar-refractivity contribution in [3.63, 3.8) is 0 Å². The molecule has 2 aromatic carbocycles. The fourth-order valence-corrected chi connectivity index (χ4v) is 9.33. The molecular weight excluding hydrogens is 596 g/mol. The molecule has 2 atom stereocenters. The molecule has 1 aliphatic heterocycles. The van der Waals surface area contributed by atoms with E-state index < -0.39 is 38.7 Å². The second-order valence-electron chi connectivity index (χ2n) is 13.2. The Labute approximate surface area is 255 Å². The Morgan fingerprint density at radius 3 is 2.32 bits per heavy atom. The van der Waals surface area contributed by atoms with Crippen LogP contribution in [0.5, 0.6) is 0 Å². The van der Waals surface area contributed by atoms with Crippen LogP contribution in [0.25, 0.3) is 0 Å². The Bertz CT molecular complexity index is 1520. The maximum Gasteiger partial charge on any atom is 0.416 e. The molecule has 7 rings (SSSR count). The largest absolute Gasteiger partial charge is 0.416 e. The molecule has 2 aromatic rings. The zero-order valence-corrected chi connectivity index (χ0v) is 25.5. The van der Waals surface area contributed by atoms with Gasteiger partial charge in [-0.3, -0.25) is 9.79 Å². The minimum absolute atomic E-state index is 0.0781. The lowest BCUT2D eigenvalue weighted by Crippen LogP contribution is -2.56. The zero-order valence-electron chi connectivity index (χ0n) is 24.7. The van der Waals surface area contributed by atoms with E-state index in [0.29, 0.717) is 43.1 Å². The highest BCUT2D eigenvalue weighted by molar-refractivity contribution is 7.89. The van der Waals surface area contributed by atoms with Gasteiger partial charge in [-0.25, -0.2) is 12.8 Å². The number of nitrogens with zero attached hydrogens (tertiary/aromatic N) is 2. The van der Waals surface area contributed by atoms with E-state index in [1.807, 2.05) is 6.92 Å². The number of carbonyl (C=O) groups excluding carboxylic acids is 1. The molecule has 0 radical (unpaired) electrons. The average Bonchev–Trinajstić information content (AvgIpc) is 3.67. The van der Waals surface area contributed by atoms with Crippen molar-refractivity contribution in [2.24, 2.45) is 22.7 Å². The molecule has 0 aromatic heterocycles. The van der Waals surface area contributed by atoms with Gasteiger partial charge in [0.1, 0.15) is 17.2 Å². The number of hydrogen-bond acceptors (Lipinski definition) is 5. The van der Waals surface area contributed by atoms with Gasteiger partial charge >= 0.3 is 6.18 Å². The summed E-state index contributed by atoms with van der Waals surface area (Å²) >= 11 is 0. The van der Waals surface area contributed by atoms with E-state index in [-0.39, 0.29) is 35.7 Å². The molecule has 7 nitrogen and oxygen atoms in total. The first-order valence-electron chi connectivity index (χ1n) is 15.3. The summed E-state index contributed by atoms with van der Waals surface area (Å²) in [5.74, 6) is 0.605. The van der Waals surface area contributed by atoms with Gasteiger partial charge in [-0.1, -0.05) is 31.4 Å². The van der Waals surface area contributed by atoms with Crippen molar-refractivity contribution < 1.29 is 30.8 Å². The molecule has 0 saturated heterocycles. The summed E-state index contributed by atoms with van der Waals surface area (Å²) in [5.41, 5.74) is -2.06. The van der Waals surface area contributed by atoms with Crippen molar-refractivity contribution in [2.45, 2.75) is 87.0 Å². The first kappa shape index (κ1) is 31.0. The van der Waals surface area contributed by atoms with E-state index >= 15 is 0 Å². The van der Waals surface area contributed by atoms with Crippen LogP contribution in [0.15, 0.2) is 58.4 Å². The Hall–Kier alpha value is -2.99. The number of aliphatic imine (C=N–C) groups is 1. The molecule has 1 heterocycles. The van der Waals surface area contributed by atoms with Gasteiger partial charge in [-0.05, 0) is 92.8 Å². The lowest BCUT2D eigenvalue weighted by molar-refractivity contribution is -0.137. The van der Waals surface area contributed by atoms with Gasteiger partial charge in [0.15, 0.2) is 0 Å². The van der Waals surface area contributed by atoms with Crippen LogP contribution in [0.3, 0.4) is 0 Å². The predicted molar refractivity (Wildman–Crippen MR) is 158 cm³/mol. The topological polar surface area (TPSA) is 90.9 Å². The third-order valence-electron chi connectivity index (χ3n) is 10.1. The summed E-state index contributed by atoms with van der Waals surface area (Å²) in [6.07, 6.45) is 2.97. The van der Waals surface area contributed by atoms with Crippen LogP contribution < -0.4 is 10.6 Å². The number of amides is 1. The number of rotatable bonds is 9. The molecule has 5 aliphatic rings. The van der Waals surface area contributed by atoms with E-state index in [9.17, 15) is 30.8 Å². The Balaban J connectivity index is 1.19. The fraction of sp³-hybridized carbons (Fsp3) is 0.562. The van der Waals surface area contributed by atoms with Crippen molar-refractivity contribution in [3.05, 3.63) is 65.5 Å². The van der Waals surface area contributed by atoms with Gasteiger partial charge in [0.25, 0.3) is 0 Å². The van der Waals surface area contributed by atoms with Gasteiger partial charge in [0.05, 0.1) is 17.0 Å². The van der Waals surface area contributed by atoms with E-state index in [4.69, 9.17) is 4.99 Å². The summed E-state index contributed by atoms with van der Waals surface area (Å²) in [6.45, 7) is 2.65. The summed E-state index contributed by atoms with van der Waals surface area (Å²) in [5, 5.41) is 6.49. The molecule has 2 N–H and O–H groups in total. The predicted octanol–water partition coefficient (Wildman–Crippen LogP) is 5.66. The van der Waals surface area contributed by atoms with Crippen LogP contribution in [0, 0.1) is 23.6 Å². The first-order valence-corrected chi connectivity index (χ1v) is 16.8. The summed E-state index contributed by atoms with van der Waals surface area (Å²) < 4.78 is 82.7. The highest BCUT2D eigenvalue weighted by Gasteiger charge is 2.63. The second kappa shape index (κ2) is 11.4. The van der Waals surface area contributed by atoms with E-state index in [2.05, 4.69) is 10.6 Å². The summed E-state index contributed by atoms with van der Waals surface area (Å²) in [4.78, 5) is 17.9. The fourth-order valence-electron chi connectivity index (χ4n) is 7.54. The molecule has 12 heteroatoms. The first-order chi connectivity index (χ1) is 20.8. The molecule has 0 unspecified atom stereocenters. The molecule has 44 heavy (non-hydrogen) atoms. The highest BCUT2D eigenvalue weighted by atomic mass is 32.2. The van der Waals surface area contributed by atoms with Gasteiger partial charge in [0, 0.05) is 24.5 Å². The van der Waals surface area contributed by atoms with Crippen LogP contribution in [0.4, 0.5) is 17.6 Å². The van der Waals surface area contributed by atoms with Crippen molar-refractivity contribution >= 4 is 21.8 Å². The number of nitrogens with one attached hydrogen (secondary N) is 2. The van der Waals surface area contributed by atoms with E-state index in [1.165, 1.54) is 47.8 Å². The number of halogens is 4. The zero-order chi connectivity index (χ0) is 31.3. The SMILES string of the molecule is C[C@@]1(C(=O)NCC2CCCCC2)CN=C([C@H]2CC3(N(Cc4ccc(C(F)(F)F)cc4)S(=O)(=O)c4ccc(F)cc4)CC2C3)N1.